The number of nitrogens with zero attached hydrogens (tertiary/aromatic N) is 1. The van der Waals surface area contributed by atoms with E-state index in [0.717, 1.165) is 37.6 Å². The summed E-state index contributed by atoms with van der Waals surface area (Å²) in [7, 11) is 1.37. The standard InChI is InChI=1S/C20H22FN3O3/c1-27-18-8-7-15(12-17(18)21)19(25)22-13-14-5-4-6-16(11-14)23-20(26)24-9-2-3-10-24/h4-8,11-12H,2-3,9-10,13H2,1H3,(H,22,25)(H,23,26). The summed E-state index contributed by atoms with van der Waals surface area (Å²) < 4.78 is 18.6. The number of benzene rings is 2. The first-order valence-electron chi connectivity index (χ1n) is 8.83. The second-order valence-corrected chi connectivity index (χ2v) is 6.36. The molecule has 0 aliphatic carbocycles. The number of ether oxygens (including phenoxy) is 1. The zero-order valence-corrected chi connectivity index (χ0v) is 15.1. The molecule has 1 aliphatic rings. The second-order valence-electron chi connectivity index (χ2n) is 6.36. The molecule has 6 nitrogen and oxygen atoms in total. The highest BCUT2D eigenvalue weighted by atomic mass is 19.1. The molecule has 0 saturated carbocycles. The van der Waals surface area contributed by atoms with Crippen LogP contribution in [0.3, 0.4) is 0 Å². The van der Waals surface area contributed by atoms with Crippen molar-refractivity contribution in [3.05, 3.63) is 59.4 Å². The van der Waals surface area contributed by atoms with Crippen molar-refractivity contribution >= 4 is 17.6 Å². The number of nitrogens with one attached hydrogen (secondary N) is 2. The predicted molar refractivity (Wildman–Crippen MR) is 100 cm³/mol. The molecule has 3 amide bonds. The van der Waals surface area contributed by atoms with Gasteiger partial charge in [-0.05, 0) is 48.7 Å². The van der Waals surface area contributed by atoms with Gasteiger partial charge < -0.3 is 20.3 Å². The second kappa shape index (κ2) is 8.53. The Kier molecular flexibility index (Phi) is 5.90. The van der Waals surface area contributed by atoms with Crippen LogP contribution in [0.1, 0.15) is 28.8 Å². The lowest BCUT2D eigenvalue weighted by atomic mass is 10.1. The lowest BCUT2D eigenvalue weighted by Gasteiger charge is -2.16. The fourth-order valence-electron chi connectivity index (χ4n) is 2.97. The Bertz CT molecular complexity index is 835. The summed E-state index contributed by atoms with van der Waals surface area (Å²) in [5.74, 6) is -0.882. The number of halogens is 1. The molecule has 0 radical (unpaired) electrons. The zero-order valence-electron chi connectivity index (χ0n) is 15.1. The lowest BCUT2D eigenvalue weighted by Crippen LogP contribution is -2.32. The first-order chi connectivity index (χ1) is 13.1. The Morgan fingerprint density at radius 1 is 1.15 bits per heavy atom. The van der Waals surface area contributed by atoms with Crippen LogP contribution < -0.4 is 15.4 Å². The highest BCUT2D eigenvalue weighted by Crippen LogP contribution is 2.18. The van der Waals surface area contributed by atoms with Gasteiger partial charge in [-0.3, -0.25) is 4.79 Å². The first kappa shape index (κ1) is 18.7. The minimum absolute atomic E-state index is 0.0907. The fraction of sp³-hybridized carbons (Fsp3) is 0.300. The van der Waals surface area contributed by atoms with Gasteiger partial charge in [0, 0.05) is 30.9 Å². The van der Waals surface area contributed by atoms with Crippen molar-refractivity contribution in [3.8, 4) is 5.75 Å². The normalized spacial score (nSPS) is 13.3. The number of hydrogen-bond acceptors (Lipinski definition) is 3. The van der Waals surface area contributed by atoms with Gasteiger partial charge in [0.2, 0.25) is 0 Å². The SMILES string of the molecule is COc1ccc(C(=O)NCc2cccc(NC(=O)N3CCCC3)c2)cc1F. The molecule has 1 heterocycles. The van der Waals surface area contributed by atoms with Crippen molar-refractivity contribution in [1.29, 1.82) is 0 Å². The van der Waals surface area contributed by atoms with E-state index in [0.29, 0.717) is 5.69 Å². The molecule has 1 fully saturated rings. The van der Waals surface area contributed by atoms with Gasteiger partial charge in [0.15, 0.2) is 11.6 Å². The summed E-state index contributed by atoms with van der Waals surface area (Å²) in [6, 6.07) is 11.2. The van der Waals surface area contributed by atoms with Gasteiger partial charge in [0.05, 0.1) is 7.11 Å². The third-order valence-corrected chi connectivity index (χ3v) is 4.44. The average Bonchev–Trinajstić information content (AvgIpc) is 3.21. The van der Waals surface area contributed by atoms with Crippen LogP contribution in [-0.4, -0.2) is 37.0 Å². The Morgan fingerprint density at radius 3 is 2.63 bits per heavy atom. The van der Waals surface area contributed by atoms with E-state index in [-0.39, 0.29) is 29.8 Å². The molecule has 142 valence electrons. The highest BCUT2D eigenvalue weighted by Gasteiger charge is 2.17. The lowest BCUT2D eigenvalue weighted by molar-refractivity contribution is 0.0950. The van der Waals surface area contributed by atoms with Crippen LogP contribution in [0.5, 0.6) is 5.75 Å². The van der Waals surface area contributed by atoms with Crippen LogP contribution in [0.2, 0.25) is 0 Å². The van der Waals surface area contributed by atoms with E-state index in [1.807, 2.05) is 18.2 Å². The quantitative estimate of drug-likeness (QED) is 0.846. The van der Waals surface area contributed by atoms with Gasteiger partial charge >= 0.3 is 6.03 Å². The van der Waals surface area contributed by atoms with Crippen molar-refractivity contribution < 1.29 is 18.7 Å². The van der Waals surface area contributed by atoms with Crippen LogP contribution in [0.15, 0.2) is 42.5 Å². The third-order valence-electron chi connectivity index (χ3n) is 4.44. The molecule has 1 saturated heterocycles. The van der Waals surface area contributed by atoms with Crippen molar-refractivity contribution in [3.63, 3.8) is 0 Å². The number of methoxy groups -OCH3 is 1. The van der Waals surface area contributed by atoms with E-state index < -0.39 is 5.82 Å². The molecule has 0 spiro atoms. The van der Waals surface area contributed by atoms with E-state index >= 15 is 0 Å². The monoisotopic (exact) mass is 371 g/mol. The topological polar surface area (TPSA) is 70.7 Å². The molecular weight excluding hydrogens is 349 g/mol. The van der Waals surface area contributed by atoms with Crippen LogP contribution in [0.4, 0.5) is 14.9 Å². The van der Waals surface area contributed by atoms with Gasteiger partial charge in [0.25, 0.3) is 5.91 Å². The Morgan fingerprint density at radius 2 is 1.93 bits per heavy atom. The predicted octanol–water partition coefficient (Wildman–Crippen LogP) is 3.39. The number of amides is 3. The number of anilines is 1. The van der Waals surface area contributed by atoms with Crippen LogP contribution in [0, 0.1) is 5.82 Å². The van der Waals surface area contributed by atoms with E-state index in [9.17, 15) is 14.0 Å². The Balaban J connectivity index is 1.58. The number of hydrogen-bond donors (Lipinski definition) is 2. The van der Waals surface area contributed by atoms with Gasteiger partial charge in [-0.25, -0.2) is 9.18 Å². The molecule has 27 heavy (non-hydrogen) atoms. The molecule has 7 heteroatoms. The number of carbonyl (C=O) groups excluding carboxylic acids is 2. The molecule has 0 unspecified atom stereocenters. The van der Waals surface area contributed by atoms with E-state index in [1.165, 1.54) is 19.2 Å². The summed E-state index contributed by atoms with van der Waals surface area (Å²) in [4.78, 5) is 26.2. The fourth-order valence-corrected chi connectivity index (χ4v) is 2.97. The molecule has 2 N–H and O–H groups in total. The molecule has 3 rings (SSSR count). The molecule has 0 atom stereocenters. The van der Waals surface area contributed by atoms with Crippen molar-refractivity contribution in [1.82, 2.24) is 10.2 Å². The van der Waals surface area contributed by atoms with Gasteiger partial charge in [-0.15, -0.1) is 0 Å². The minimum atomic E-state index is -0.586. The maximum absolute atomic E-state index is 13.7. The summed E-state index contributed by atoms with van der Waals surface area (Å²) >= 11 is 0. The van der Waals surface area contributed by atoms with Crippen molar-refractivity contribution in [2.75, 3.05) is 25.5 Å². The molecule has 0 aromatic heterocycles. The number of rotatable bonds is 5. The number of urea groups is 1. The summed E-state index contributed by atoms with van der Waals surface area (Å²) in [5, 5.41) is 5.62. The largest absolute Gasteiger partial charge is 0.494 e. The smallest absolute Gasteiger partial charge is 0.321 e. The molecule has 1 aliphatic heterocycles. The third kappa shape index (κ3) is 4.75. The van der Waals surface area contributed by atoms with Gasteiger partial charge in [-0.2, -0.15) is 0 Å². The van der Waals surface area contributed by atoms with Gasteiger partial charge in [-0.1, -0.05) is 12.1 Å². The molecule has 0 bridgehead atoms. The highest BCUT2D eigenvalue weighted by molar-refractivity contribution is 5.94. The molecular formula is C20H22FN3O3. The van der Waals surface area contributed by atoms with Crippen molar-refractivity contribution in [2.45, 2.75) is 19.4 Å². The number of carbonyl (C=O) groups is 2. The van der Waals surface area contributed by atoms with Crippen LogP contribution in [0.25, 0.3) is 0 Å². The van der Waals surface area contributed by atoms with E-state index in [2.05, 4.69) is 10.6 Å². The minimum Gasteiger partial charge on any atom is -0.494 e. The maximum atomic E-state index is 13.7. The number of likely N-dealkylation sites (tertiary alicyclic amines) is 1. The molecule has 2 aromatic rings. The van der Waals surface area contributed by atoms with Crippen molar-refractivity contribution in [2.24, 2.45) is 0 Å². The zero-order chi connectivity index (χ0) is 19.2. The van der Waals surface area contributed by atoms with Crippen LogP contribution in [-0.2, 0) is 6.54 Å². The molecule has 2 aromatic carbocycles. The summed E-state index contributed by atoms with van der Waals surface area (Å²) in [6.07, 6.45) is 2.07. The van der Waals surface area contributed by atoms with Gasteiger partial charge in [0.1, 0.15) is 0 Å². The summed E-state index contributed by atoms with van der Waals surface area (Å²) in [6.45, 7) is 1.82. The maximum Gasteiger partial charge on any atom is 0.321 e. The first-order valence-corrected chi connectivity index (χ1v) is 8.83. The Hall–Kier alpha value is -3.09. The average molecular weight is 371 g/mol. The Labute approximate surface area is 157 Å². The summed E-state index contributed by atoms with van der Waals surface area (Å²) in [5.41, 5.74) is 1.72. The van der Waals surface area contributed by atoms with E-state index in [1.54, 1.807) is 11.0 Å². The van der Waals surface area contributed by atoms with E-state index in [4.69, 9.17) is 4.74 Å². The van der Waals surface area contributed by atoms with Crippen LogP contribution >= 0.6 is 0 Å².